The molecule has 1 unspecified atom stereocenters. The van der Waals surface area contributed by atoms with Crippen molar-refractivity contribution in [3.8, 4) is 0 Å². The zero-order valence-corrected chi connectivity index (χ0v) is 48.5. The van der Waals surface area contributed by atoms with Crippen molar-refractivity contribution in [3.63, 3.8) is 0 Å². The van der Waals surface area contributed by atoms with Gasteiger partial charge < -0.3 is 14.2 Å². The van der Waals surface area contributed by atoms with Gasteiger partial charge in [0.25, 0.3) is 0 Å². The Hall–Kier alpha value is -4.45. The average molecular weight is 1040 g/mol. The lowest BCUT2D eigenvalue weighted by Crippen LogP contribution is -2.30. The van der Waals surface area contributed by atoms with E-state index < -0.39 is 6.10 Å². The molecule has 0 bridgehead atoms. The van der Waals surface area contributed by atoms with E-state index in [0.717, 1.165) is 148 Å². The molecule has 424 valence electrons. The zero-order chi connectivity index (χ0) is 54.3. The maximum atomic E-state index is 12.8. The SMILES string of the molecule is CC/C=C\C/C=C\C/C=C\C/C=C\C/C=C\C/C=C\C/C=C\C/C=C\C/C=C\C/C=C\CCCCCCC(=O)OCC(COC(=O)CCCCCCCCCCCC)OC(=O)CCCCCCC/C=C\CCCCC. The summed E-state index contributed by atoms with van der Waals surface area (Å²) in [7, 11) is 0. The van der Waals surface area contributed by atoms with Crippen molar-refractivity contribution in [2.75, 3.05) is 13.2 Å². The van der Waals surface area contributed by atoms with Gasteiger partial charge in [-0.1, -0.05) is 257 Å². The summed E-state index contributed by atoms with van der Waals surface area (Å²) in [4.78, 5) is 38.0. The summed E-state index contributed by atoms with van der Waals surface area (Å²) in [5.74, 6) is -0.930. The molecule has 0 aliphatic carbocycles. The van der Waals surface area contributed by atoms with Crippen molar-refractivity contribution in [1.82, 2.24) is 0 Å². The molecule has 1 atom stereocenters. The summed E-state index contributed by atoms with van der Waals surface area (Å²) < 4.78 is 16.8. The van der Waals surface area contributed by atoms with Gasteiger partial charge in [0.15, 0.2) is 6.10 Å². The summed E-state index contributed by atoms with van der Waals surface area (Å²) in [6.45, 7) is 6.45. The first-order valence-corrected chi connectivity index (χ1v) is 30.7. The molecule has 0 spiro atoms. The third kappa shape index (κ3) is 60.3. The van der Waals surface area contributed by atoms with Gasteiger partial charge in [0.2, 0.25) is 0 Å². The number of allylic oxidation sites excluding steroid dienone is 22. The molecule has 0 aliphatic rings. The predicted molar refractivity (Wildman–Crippen MR) is 325 cm³/mol. The van der Waals surface area contributed by atoms with Crippen molar-refractivity contribution < 1.29 is 28.6 Å². The Kier molecular flexibility index (Phi) is 58.4. The van der Waals surface area contributed by atoms with Gasteiger partial charge in [-0.25, -0.2) is 0 Å². The van der Waals surface area contributed by atoms with E-state index in [-0.39, 0.29) is 31.1 Å². The smallest absolute Gasteiger partial charge is 0.306 e. The van der Waals surface area contributed by atoms with Gasteiger partial charge in [0.05, 0.1) is 0 Å². The predicted octanol–water partition coefficient (Wildman–Crippen LogP) is 21.0. The van der Waals surface area contributed by atoms with E-state index in [4.69, 9.17) is 14.2 Å². The first kappa shape index (κ1) is 70.5. The van der Waals surface area contributed by atoms with Crippen molar-refractivity contribution in [1.29, 1.82) is 0 Å². The number of esters is 3. The zero-order valence-electron chi connectivity index (χ0n) is 48.5. The number of carbonyl (C=O) groups excluding carboxylic acids is 3. The number of carbonyl (C=O) groups is 3. The molecule has 0 saturated heterocycles. The van der Waals surface area contributed by atoms with Crippen molar-refractivity contribution in [2.24, 2.45) is 0 Å². The molecule has 6 nitrogen and oxygen atoms in total. The van der Waals surface area contributed by atoms with Crippen molar-refractivity contribution >= 4 is 17.9 Å². The molecule has 0 aromatic heterocycles. The van der Waals surface area contributed by atoms with Gasteiger partial charge >= 0.3 is 17.9 Å². The normalized spacial score (nSPS) is 13.1. The second-order valence-electron chi connectivity index (χ2n) is 19.9. The minimum absolute atomic E-state index is 0.0902. The van der Waals surface area contributed by atoms with Crippen LogP contribution in [-0.4, -0.2) is 37.2 Å². The number of hydrogen-bond donors (Lipinski definition) is 0. The lowest BCUT2D eigenvalue weighted by Gasteiger charge is -2.18. The Morgan fingerprint density at radius 1 is 0.280 bits per heavy atom. The second-order valence-corrected chi connectivity index (χ2v) is 19.9. The Balaban J connectivity index is 4.23. The molecule has 0 fully saturated rings. The van der Waals surface area contributed by atoms with Crippen LogP contribution in [-0.2, 0) is 28.6 Å². The first-order chi connectivity index (χ1) is 37.0. The molecule has 0 aliphatic heterocycles. The molecule has 0 amide bonds. The van der Waals surface area contributed by atoms with Crippen LogP contribution in [0.2, 0.25) is 0 Å². The summed E-state index contributed by atoms with van der Waals surface area (Å²) in [6, 6.07) is 0. The number of hydrogen-bond acceptors (Lipinski definition) is 6. The minimum atomic E-state index is -0.793. The van der Waals surface area contributed by atoms with Crippen LogP contribution in [0, 0.1) is 0 Å². The van der Waals surface area contributed by atoms with Crippen molar-refractivity contribution in [3.05, 3.63) is 134 Å². The van der Waals surface area contributed by atoms with Crippen LogP contribution in [0.15, 0.2) is 134 Å². The molecule has 0 N–H and O–H groups in total. The molecule has 0 aromatic carbocycles. The van der Waals surface area contributed by atoms with E-state index in [1.807, 2.05) is 0 Å². The van der Waals surface area contributed by atoms with Crippen LogP contribution < -0.4 is 0 Å². The third-order valence-electron chi connectivity index (χ3n) is 12.6. The maximum absolute atomic E-state index is 12.8. The second kappa shape index (κ2) is 62.1. The van der Waals surface area contributed by atoms with Crippen molar-refractivity contribution in [2.45, 2.75) is 271 Å². The molecule has 6 heteroatoms. The van der Waals surface area contributed by atoms with E-state index in [1.54, 1.807) is 0 Å². The molecule has 0 aromatic rings. The lowest BCUT2D eigenvalue weighted by molar-refractivity contribution is -0.167. The van der Waals surface area contributed by atoms with Gasteiger partial charge in [-0.05, 0) is 122 Å². The maximum Gasteiger partial charge on any atom is 0.306 e. The molecule has 75 heavy (non-hydrogen) atoms. The van der Waals surface area contributed by atoms with Gasteiger partial charge in [-0.3, -0.25) is 14.4 Å². The van der Waals surface area contributed by atoms with Crippen LogP contribution in [0.25, 0.3) is 0 Å². The van der Waals surface area contributed by atoms with Crippen LogP contribution in [0.1, 0.15) is 265 Å². The minimum Gasteiger partial charge on any atom is -0.462 e. The standard InChI is InChI=1S/C69H112O6/c1-4-7-10-13-16-19-22-24-25-26-27-28-29-30-31-32-33-34-35-36-37-38-39-40-41-42-43-44-45-46-48-50-53-56-59-62-68(71)74-65-66(64-73-67(70)61-58-55-52-49-21-18-15-12-9-6-3)75-69(72)63-60-57-54-51-47-23-20-17-14-11-8-5-2/h7,10,16-17,19-20,24-25,27-28,30-31,33-34,36-37,39-40,42-43,45-46,66H,4-6,8-9,11-15,18,21-23,26,29,32,35,38,41,44,47-65H2,1-3H3/b10-7-,19-16-,20-17-,25-24-,28-27-,31-30-,34-33-,37-36-,40-39-,43-42-,46-45-. The molecule has 0 saturated carbocycles. The van der Waals surface area contributed by atoms with E-state index in [0.29, 0.717) is 19.3 Å². The number of ether oxygens (including phenoxy) is 3. The average Bonchev–Trinajstić information content (AvgIpc) is 3.41. The van der Waals surface area contributed by atoms with E-state index >= 15 is 0 Å². The highest BCUT2D eigenvalue weighted by Crippen LogP contribution is 2.14. The molecule has 0 radical (unpaired) electrons. The number of unbranched alkanes of at least 4 members (excludes halogenated alkanes) is 21. The van der Waals surface area contributed by atoms with E-state index in [9.17, 15) is 14.4 Å². The summed E-state index contributed by atoms with van der Waals surface area (Å²) in [6.07, 6.45) is 87.5. The fourth-order valence-corrected chi connectivity index (χ4v) is 8.05. The highest BCUT2D eigenvalue weighted by Gasteiger charge is 2.19. The molecular formula is C69H112O6. The van der Waals surface area contributed by atoms with Crippen LogP contribution in [0.3, 0.4) is 0 Å². The quantitative estimate of drug-likeness (QED) is 0.0261. The van der Waals surface area contributed by atoms with Gasteiger partial charge in [-0.15, -0.1) is 0 Å². The van der Waals surface area contributed by atoms with Gasteiger partial charge in [0, 0.05) is 19.3 Å². The Morgan fingerprint density at radius 2 is 0.520 bits per heavy atom. The van der Waals surface area contributed by atoms with E-state index in [1.165, 1.54) is 77.0 Å². The van der Waals surface area contributed by atoms with Gasteiger partial charge in [0.1, 0.15) is 13.2 Å². The highest BCUT2D eigenvalue weighted by atomic mass is 16.6. The topological polar surface area (TPSA) is 78.9 Å². The Morgan fingerprint density at radius 3 is 0.853 bits per heavy atom. The largest absolute Gasteiger partial charge is 0.462 e. The van der Waals surface area contributed by atoms with Crippen LogP contribution >= 0.6 is 0 Å². The van der Waals surface area contributed by atoms with Crippen LogP contribution in [0.4, 0.5) is 0 Å². The lowest BCUT2D eigenvalue weighted by atomic mass is 10.1. The fourth-order valence-electron chi connectivity index (χ4n) is 8.05. The van der Waals surface area contributed by atoms with E-state index in [2.05, 4.69) is 154 Å². The van der Waals surface area contributed by atoms with Crippen LogP contribution in [0.5, 0.6) is 0 Å². The summed E-state index contributed by atoms with van der Waals surface area (Å²) in [5, 5.41) is 0. The monoisotopic (exact) mass is 1040 g/mol. The van der Waals surface area contributed by atoms with Gasteiger partial charge in [-0.2, -0.15) is 0 Å². The highest BCUT2D eigenvalue weighted by molar-refractivity contribution is 5.71. The molecular weight excluding hydrogens is 925 g/mol. The number of rotatable bonds is 54. The third-order valence-corrected chi connectivity index (χ3v) is 12.6. The molecule has 0 rings (SSSR count). The fraction of sp³-hybridized carbons (Fsp3) is 0.638. The first-order valence-electron chi connectivity index (χ1n) is 30.7. The Bertz CT molecular complexity index is 1620. The Labute approximate surface area is 462 Å². The summed E-state index contributed by atoms with van der Waals surface area (Å²) in [5.41, 5.74) is 0. The summed E-state index contributed by atoms with van der Waals surface area (Å²) >= 11 is 0. The molecule has 0 heterocycles.